The number of aliphatic carboxylic acids is 1. The number of nitrogens with zero attached hydrogens (tertiary/aromatic N) is 3. The van der Waals surface area contributed by atoms with Gasteiger partial charge in [-0.2, -0.15) is 0 Å². The molecule has 170 valence electrons. The third-order valence-corrected chi connectivity index (χ3v) is 5.30. The highest BCUT2D eigenvalue weighted by Gasteiger charge is 2.21. The summed E-state index contributed by atoms with van der Waals surface area (Å²) in [6.07, 6.45) is 2.74. The van der Waals surface area contributed by atoms with Crippen molar-refractivity contribution in [2.75, 3.05) is 0 Å². The van der Waals surface area contributed by atoms with E-state index in [9.17, 15) is 14.7 Å². The summed E-state index contributed by atoms with van der Waals surface area (Å²) < 4.78 is 1.60. The molecule has 4 N–H and O–H groups in total. The zero-order valence-electron chi connectivity index (χ0n) is 18.2. The van der Waals surface area contributed by atoms with Crippen molar-refractivity contribution in [1.82, 2.24) is 25.8 Å². The third-order valence-electron chi connectivity index (χ3n) is 5.30. The minimum atomic E-state index is -0.903. The van der Waals surface area contributed by atoms with Crippen molar-refractivity contribution in [1.29, 1.82) is 0 Å². The molecular weight excluding hydrogens is 410 g/mol. The van der Waals surface area contributed by atoms with Crippen LogP contribution in [0.1, 0.15) is 44.0 Å². The van der Waals surface area contributed by atoms with E-state index < -0.39 is 17.9 Å². The van der Waals surface area contributed by atoms with Gasteiger partial charge in [-0.1, -0.05) is 61.5 Å². The van der Waals surface area contributed by atoms with Crippen molar-refractivity contribution in [2.24, 2.45) is 5.92 Å². The van der Waals surface area contributed by atoms with Crippen LogP contribution in [0.25, 0.3) is 10.8 Å². The largest absolute Gasteiger partial charge is 0.480 e. The lowest BCUT2D eigenvalue weighted by Crippen LogP contribution is -2.37. The topological polar surface area (TPSA) is 129 Å². The van der Waals surface area contributed by atoms with E-state index in [2.05, 4.69) is 21.7 Å². The molecule has 9 heteroatoms. The first kappa shape index (κ1) is 23.4. The second-order valence-corrected chi connectivity index (χ2v) is 8.37. The number of hydrogen-bond acceptors (Lipinski definition) is 6. The Balaban J connectivity index is 1.74. The summed E-state index contributed by atoms with van der Waals surface area (Å²) >= 11 is 0. The van der Waals surface area contributed by atoms with Crippen molar-refractivity contribution >= 4 is 22.6 Å². The van der Waals surface area contributed by atoms with Gasteiger partial charge in [0.05, 0.1) is 24.4 Å². The van der Waals surface area contributed by atoms with Gasteiger partial charge in [-0.3, -0.25) is 20.1 Å². The quantitative estimate of drug-likeness (QED) is 0.267. The standard InChI is InChI=1S/C23H29N5O4/c1-15(2)9-21(23(30)31)24-13-19-14-28(27-25-19)20(12-22(29)26-32)11-16-7-8-17-5-3-4-6-18(17)10-16/h3-8,10,14-15,20-21,24,32H,9,11-13H2,1-2H3,(H,26,29)(H,30,31)/t20-,21+/m1/s1. The zero-order valence-corrected chi connectivity index (χ0v) is 18.2. The van der Waals surface area contributed by atoms with Crippen LogP contribution in [-0.2, 0) is 22.6 Å². The first-order chi connectivity index (χ1) is 15.4. The predicted molar refractivity (Wildman–Crippen MR) is 119 cm³/mol. The van der Waals surface area contributed by atoms with Crippen molar-refractivity contribution in [3.63, 3.8) is 0 Å². The smallest absolute Gasteiger partial charge is 0.320 e. The second kappa shape index (κ2) is 10.8. The Labute approximate surface area is 186 Å². The highest BCUT2D eigenvalue weighted by Crippen LogP contribution is 2.22. The SMILES string of the molecule is CC(C)C[C@H](NCc1cn([C@@H](CC(=O)NO)Cc2ccc3ccccc3c2)nn1)C(=O)O. The average Bonchev–Trinajstić information content (AvgIpc) is 3.24. The van der Waals surface area contributed by atoms with Crippen molar-refractivity contribution in [3.8, 4) is 0 Å². The van der Waals surface area contributed by atoms with E-state index in [0.29, 0.717) is 18.5 Å². The lowest BCUT2D eigenvalue weighted by atomic mass is 10.00. The summed E-state index contributed by atoms with van der Waals surface area (Å²) in [6, 6.07) is 13.1. The minimum absolute atomic E-state index is 0.0185. The molecule has 3 aromatic rings. The molecule has 0 aliphatic carbocycles. The number of benzene rings is 2. The van der Waals surface area contributed by atoms with E-state index in [-0.39, 0.29) is 24.9 Å². The van der Waals surface area contributed by atoms with E-state index in [1.54, 1.807) is 16.4 Å². The number of nitrogens with one attached hydrogen (secondary N) is 2. The molecule has 0 radical (unpaired) electrons. The van der Waals surface area contributed by atoms with Crippen LogP contribution in [0.4, 0.5) is 0 Å². The Bertz CT molecular complexity index is 1070. The highest BCUT2D eigenvalue weighted by atomic mass is 16.5. The molecule has 0 fully saturated rings. The molecule has 9 nitrogen and oxygen atoms in total. The van der Waals surface area contributed by atoms with Gasteiger partial charge in [0.25, 0.3) is 0 Å². The third kappa shape index (κ3) is 6.35. The molecule has 1 aromatic heterocycles. The first-order valence-corrected chi connectivity index (χ1v) is 10.6. The molecule has 0 bridgehead atoms. The number of rotatable bonds is 11. The number of carboxylic acids is 1. The van der Waals surface area contributed by atoms with E-state index in [1.807, 2.05) is 50.2 Å². The number of amides is 1. The second-order valence-electron chi connectivity index (χ2n) is 8.37. The Hall–Kier alpha value is -3.30. The molecule has 0 aliphatic rings. The Morgan fingerprint density at radius 1 is 1.12 bits per heavy atom. The first-order valence-electron chi connectivity index (χ1n) is 10.6. The van der Waals surface area contributed by atoms with Crippen LogP contribution in [0.5, 0.6) is 0 Å². The molecule has 0 unspecified atom stereocenters. The van der Waals surface area contributed by atoms with Crippen LogP contribution < -0.4 is 10.8 Å². The van der Waals surface area contributed by atoms with Crippen LogP contribution in [0, 0.1) is 5.92 Å². The number of aromatic nitrogens is 3. The van der Waals surface area contributed by atoms with Crippen molar-refractivity contribution in [2.45, 2.75) is 51.7 Å². The molecular formula is C23H29N5O4. The number of hydrogen-bond donors (Lipinski definition) is 4. The summed E-state index contributed by atoms with van der Waals surface area (Å²) in [5.41, 5.74) is 3.28. The summed E-state index contributed by atoms with van der Waals surface area (Å²) in [4.78, 5) is 23.3. The van der Waals surface area contributed by atoms with E-state index in [0.717, 1.165) is 16.3 Å². The van der Waals surface area contributed by atoms with Gasteiger partial charge in [0, 0.05) is 6.54 Å². The summed E-state index contributed by atoms with van der Waals surface area (Å²) in [6.45, 7) is 4.19. The van der Waals surface area contributed by atoms with Gasteiger partial charge >= 0.3 is 5.97 Å². The summed E-state index contributed by atoms with van der Waals surface area (Å²) in [5, 5.41) is 31.9. The zero-order chi connectivity index (χ0) is 23.1. The van der Waals surface area contributed by atoms with Crippen molar-refractivity contribution in [3.05, 3.63) is 59.9 Å². The van der Waals surface area contributed by atoms with Crippen molar-refractivity contribution < 1.29 is 19.9 Å². The maximum absolute atomic E-state index is 11.9. The number of carbonyl (C=O) groups is 2. The maximum Gasteiger partial charge on any atom is 0.320 e. The monoisotopic (exact) mass is 439 g/mol. The summed E-state index contributed by atoms with van der Waals surface area (Å²) in [7, 11) is 0. The number of carbonyl (C=O) groups excluding carboxylic acids is 1. The molecule has 2 aromatic carbocycles. The lowest BCUT2D eigenvalue weighted by molar-refractivity contribution is -0.140. The Morgan fingerprint density at radius 3 is 2.56 bits per heavy atom. The van der Waals surface area contributed by atoms with Crippen LogP contribution >= 0.6 is 0 Å². The molecule has 32 heavy (non-hydrogen) atoms. The molecule has 3 rings (SSSR count). The number of hydroxylamine groups is 1. The predicted octanol–water partition coefficient (Wildman–Crippen LogP) is 2.70. The Kier molecular flexibility index (Phi) is 7.91. The molecule has 2 atom stereocenters. The van der Waals surface area contributed by atoms with Crippen LogP contribution in [0.15, 0.2) is 48.7 Å². The highest BCUT2D eigenvalue weighted by molar-refractivity contribution is 5.83. The average molecular weight is 440 g/mol. The minimum Gasteiger partial charge on any atom is -0.480 e. The van der Waals surface area contributed by atoms with E-state index >= 15 is 0 Å². The summed E-state index contributed by atoms with van der Waals surface area (Å²) in [5.74, 6) is -1.18. The number of fused-ring (bicyclic) bond motifs is 1. The fourth-order valence-electron chi connectivity index (χ4n) is 3.70. The molecule has 0 saturated heterocycles. The van der Waals surface area contributed by atoms with E-state index in [4.69, 9.17) is 5.21 Å². The number of carboxylic acid groups (broad SMARTS) is 1. The Morgan fingerprint density at radius 2 is 1.88 bits per heavy atom. The van der Waals surface area contributed by atoms with Gasteiger partial charge in [-0.15, -0.1) is 5.10 Å². The fraction of sp³-hybridized carbons (Fsp3) is 0.391. The molecule has 1 amide bonds. The van der Waals surface area contributed by atoms with Gasteiger partial charge in [0.2, 0.25) is 5.91 Å². The van der Waals surface area contributed by atoms with Gasteiger partial charge in [-0.05, 0) is 35.1 Å². The van der Waals surface area contributed by atoms with Crippen LogP contribution in [-0.4, -0.2) is 43.2 Å². The molecule has 0 spiro atoms. The van der Waals surface area contributed by atoms with Gasteiger partial charge in [-0.25, -0.2) is 10.2 Å². The fourth-order valence-corrected chi connectivity index (χ4v) is 3.70. The molecule has 0 aliphatic heterocycles. The van der Waals surface area contributed by atoms with Crippen LogP contribution in [0.3, 0.4) is 0 Å². The lowest BCUT2D eigenvalue weighted by Gasteiger charge is -2.17. The normalized spacial score (nSPS) is 13.2. The molecule has 0 saturated carbocycles. The van der Waals surface area contributed by atoms with Gasteiger partial charge < -0.3 is 5.11 Å². The molecule has 1 heterocycles. The van der Waals surface area contributed by atoms with Gasteiger partial charge in [0.15, 0.2) is 0 Å². The van der Waals surface area contributed by atoms with Gasteiger partial charge in [0.1, 0.15) is 6.04 Å². The maximum atomic E-state index is 11.9. The van der Waals surface area contributed by atoms with E-state index in [1.165, 1.54) is 0 Å². The van der Waals surface area contributed by atoms with Crippen LogP contribution in [0.2, 0.25) is 0 Å².